The van der Waals surface area contributed by atoms with E-state index in [0.717, 1.165) is 5.56 Å². The van der Waals surface area contributed by atoms with E-state index in [1.807, 2.05) is 0 Å². The van der Waals surface area contributed by atoms with Crippen LogP contribution in [0.5, 0.6) is 0 Å². The monoisotopic (exact) mass is 551 g/mol. The molecule has 3 amide bonds. The highest BCUT2D eigenvalue weighted by Gasteiger charge is 2.58. The van der Waals surface area contributed by atoms with Gasteiger partial charge in [-0.25, -0.2) is 19.3 Å². The van der Waals surface area contributed by atoms with Crippen molar-refractivity contribution in [3.63, 3.8) is 0 Å². The molecule has 204 valence electrons. The van der Waals surface area contributed by atoms with Gasteiger partial charge in [-0.1, -0.05) is 30.3 Å². The third kappa shape index (κ3) is 3.69. The first-order valence-corrected chi connectivity index (χ1v) is 12.8. The summed E-state index contributed by atoms with van der Waals surface area (Å²) < 4.78 is 14.7. The van der Waals surface area contributed by atoms with Crippen LogP contribution in [0.3, 0.4) is 0 Å². The first kappa shape index (κ1) is 24.6. The summed E-state index contributed by atoms with van der Waals surface area (Å²) in [6.07, 6.45) is 2.69. The second-order valence-electron chi connectivity index (χ2n) is 9.96. The number of amides is 3. The second kappa shape index (κ2) is 9.05. The number of imidazole rings is 1. The maximum Gasteiger partial charge on any atom is 0.243 e. The number of hydrogen-bond donors (Lipinski definition) is 3. The normalized spacial score (nSPS) is 17.6. The van der Waals surface area contributed by atoms with E-state index in [4.69, 9.17) is 5.10 Å². The van der Waals surface area contributed by atoms with Gasteiger partial charge in [-0.15, -0.1) is 0 Å². The smallest absolute Gasteiger partial charge is 0.243 e. The number of H-pyrrole nitrogens is 1. The second-order valence-corrected chi connectivity index (χ2v) is 9.96. The largest absolute Gasteiger partial charge is 0.350 e. The molecule has 0 fully saturated rings. The van der Waals surface area contributed by atoms with Gasteiger partial charge in [-0.2, -0.15) is 9.78 Å². The van der Waals surface area contributed by atoms with Gasteiger partial charge in [0, 0.05) is 24.2 Å². The van der Waals surface area contributed by atoms with Crippen molar-refractivity contribution < 1.29 is 18.8 Å². The molecule has 41 heavy (non-hydrogen) atoms. The summed E-state index contributed by atoms with van der Waals surface area (Å²) in [6.45, 7) is 1.69. The highest BCUT2D eigenvalue weighted by Crippen LogP contribution is 2.53. The highest BCUT2D eigenvalue weighted by atomic mass is 19.1. The zero-order chi connectivity index (χ0) is 28.3. The topological polar surface area (TPSA) is 151 Å². The van der Waals surface area contributed by atoms with Crippen LogP contribution < -0.4 is 15.5 Å². The number of halogens is 1. The van der Waals surface area contributed by atoms with Crippen LogP contribution in [0.2, 0.25) is 0 Å². The maximum atomic E-state index is 14.4. The summed E-state index contributed by atoms with van der Waals surface area (Å²) in [4.78, 5) is 57.8. The molecule has 2 aliphatic heterocycles. The maximum absolute atomic E-state index is 14.4. The third-order valence-corrected chi connectivity index (χ3v) is 7.54. The van der Waals surface area contributed by atoms with Gasteiger partial charge >= 0.3 is 0 Å². The van der Waals surface area contributed by atoms with Gasteiger partial charge in [-0.05, 0) is 36.2 Å². The van der Waals surface area contributed by atoms with Crippen molar-refractivity contribution in [1.82, 2.24) is 35.0 Å². The molecule has 0 aliphatic carbocycles. The van der Waals surface area contributed by atoms with Crippen LogP contribution in [0.15, 0.2) is 61.2 Å². The molecule has 3 aromatic heterocycles. The van der Waals surface area contributed by atoms with E-state index in [1.54, 1.807) is 43.3 Å². The van der Waals surface area contributed by atoms with Crippen LogP contribution in [0.1, 0.15) is 28.8 Å². The Bertz CT molecular complexity index is 1880. The third-order valence-electron chi connectivity index (χ3n) is 7.54. The lowest BCUT2D eigenvalue weighted by Crippen LogP contribution is -2.49. The molecule has 0 unspecified atom stereocenters. The number of benzene rings is 2. The Morgan fingerprint density at radius 1 is 1.10 bits per heavy atom. The molecule has 1 atom stereocenters. The minimum atomic E-state index is -1.39. The number of carbonyl (C=O) groups is 3. The molecule has 2 aromatic carbocycles. The van der Waals surface area contributed by atoms with E-state index >= 15 is 0 Å². The first-order valence-electron chi connectivity index (χ1n) is 12.8. The van der Waals surface area contributed by atoms with E-state index in [1.165, 1.54) is 34.4 Å². The van der Waals surface area contributed by atoms with Gasteiger partial charge in [0.25, 0.3) is 0 Å². The molecule has 0 radical (unpaired) electrons. The Hall–Kier alpha value is -5.46. The Morgan fingerprint density at radius 3 is 2.73 bits per heavy atom. The number of para-hydroxylation sites is 1. The summed E-state index contributed by atoms with van der Waals surface area (Å²) in [5.41, 5.74) is 2.49. The van der Waals surface area contributed by atoms with Crippen LogP contribution in [0.4, 0.5) is 15.9 Å². The van der Waals surface area contributed by atoms with Crippen LogP contribution in [0.25, 0.3) is 17.0 Å². The standard InChI is InChI=1S/C28H22FN9O3/c1-15-22-25(38(36-15)26-23-24(32-13-31-23)33-14-34-26)35-20(39)10-28(22)18-4-2-3-5-19(18)37(27(28)41)12-21(40)30-11-16-6-8-17(29)9-7-16/h2-9,13-14H,10-12H2,1H3,(H,30,40)(H,35,39)(H,31,32,33,34)/t28-/m0/s1. The fourth-order valence-corrected chi connectivity index (χ4v) is 5.82. The average Bonchev–Trinajstić information content (AvgIpc) is 3.64. The molecular weight excluding hydrogens is 529 g/mol. The van der Waals surface area contributed by atoms with E-state index in [0.29, 0.717) is 45.3 Å². The van der Waals surface area contributed by atoms with Gasteiger partial charge in [0.1, 0.15) is 35.4 Å². The fraction of sp³-hybridized carbons (Fsp3) is 0.179. The van der Waals surface area contributed by atoms with Crippen LogP contribution in [0, 0.1) is 12.7 Å². The summed E-state index contributed by atoms with van der Waals surface area (Å²) >= 11 is 0. The van der Waals surface area contributed by atoms with Gasteiger partial charge in [0.2, 0.25) is 17.7 Å². The van der Waals surface area contributed by atoms with E-state index in [-0.39, 0.29) is 31.2 Å². The fourth-order valence-electron chi connectivity index (χ4n) is 5.82. The number of fused-ring (bicyclic) bond motifs is 5. The number of aromatic nitrogens is 6. The summed E-state index contributed by atoms with van der Waals surface area (Å²) in [5.74, 6) is -0.856. The van der Waals surface area contributed by atoms with Crippen LogP contribution in [-0.2, 0) is 26.3 Å². The van der Waals surface area contributed by atoms with Crippen molar-refractivity contribution in [2.45, 2.75) is 25.3 Å². The van der Waals surface area contributed by atoms with Crippen molar-refractivity contribution in [1.29, 1.82) is 0 Å². The van der Waals surface area contributed by atoms with Gasteiger partial charge < -0.3 is 20.5 Å². The number of hydrogen-bond acceptors (Lipinski definition) is 7. The van der Waals surface area contributed by atoms with Crippen molar-refractivity contribution in [3.8, 4) is 5.82 Å². The van der Waals surface area contributed by atoms with Gasteiger partial charge in [0.05, 0.1) is 12.0 Å². The lowest BCUT2D eigenvalue weighted by atomic mass is 9.70. The Morgan fingerprint density at radius 2 is 1.90 bits per heavy atom. The summed E-state index contributed by atoms with van der Waals surface area (Å²) in [5, 5.41) is 10.4. The van der Waals surface area contributed by atoms with Crippen LogP contribution in [-0.4, -0.2) is 54.0 Å². The Balaban J connectivity index is 1.29. The highest BCUT2D eigenvalue weighted by molar-refractivity contribution is 6.17. The number of carbonyl (C=O) groups excluding carboxylic acids is 3. The van der Waals surface area contributed by atoms with Gasteiger partial charge in [-0.3, -0.25) is 14.4 Å². The molecule has 0 saturated heterocycles. The molecule has 12 nitrogen and oxygen atoms in total. The lowest BCUT2D eigenvalue weighted by molar-refractivity contribution is -0.128. The number of anilines is 2. The van der Waals surface area contributed by atoms with Crippen molar-refractivity contribution >= 4 is 40.4 Å². The SMILES string of the molecule is Cc1nn(-c2ncnc3nc[nH]c23)c2c1[C@@]1(CC(=O)N2)C(=O)N(CC(=O)NCc2ccc(F)cc2)c2ccccc21. The number of rotatable bonds is 5. The van der Waals surface area contributed by atoms with Crippen molar-refractivity contribution in [2.24, 2.45) is 0 Å². The van der Waals surface area contributed by atoms with Crippen molar-refractivity contribution in [3.05, 3.63) is 89.4 Å². The Kier molecular flexibility index (Phi) is 5.42. The predicted octanol–water partition coefficient (Wildman–Crippen LogP) is 2.28. The summed E-state index contributed by atoms with van der Waals surface area (Å²) in [7, 11) is 0. The average molecular weight is 552 g/mol. The minimum absolute atomic E-state index is 0.153. The van der Waals surface area contributed by atoms with Crippen LogP contribution >= 0.6 is 0 Å². The molecule has 7 rings (SSSR count). The predicted molar refractivity (Wildman–Crippen MR) is 145 cm³/mol. The molecular formula is C28H22FN9O3. The zero-order valence-electron chi connectivity index (χ0n) is 21.7. The number of nitrogens with zero attached hydrogens (tertiary/aromatic N) is 6. The molecule has 0 bridgehead atoms. The minimum Gasteiger partial charge on any atom is -0.350 e. The zero-order valence-corrected chi connectivity index (χ0v) is 21.7. The van der Waals surface area contributed by atoms with Gasteiger partial charge in [0.15, 0.2) is 11.5 Å². The molecule has 0 saturated carbocycles. The van der Waals surface area contributed by atoms with E-state index in [9.17, 15) is 18.8 Å². The molecule has 1 spiro atoms. The number of aromatic amines is 1. The number of aryl methyl sites for hydroxylation is 1. The molecule has 3 N–H and O–H groups in total. The summed E-state index contributed by atoms with van der Waals surface area (Å²) in [6, 6.07) is 13.0. The molecule has 5 heterocycles. The quantitative estimate of drug-likeness (QED) is 0.303. The first-order chi connectivity index (χ1) is 19.9. The van der Waals surface area contributed by atoms with E-state index < -0.39 is 17.2 Å². The Labute approximate surface area is 231 Å². The lowest BCUT2D eigenvalue weighted by Gasteiger charge is -2.33. The van der Waals surface area contributed by atoms with E-state index in [2.05, 4.69) is 30.6 Å². The number of nitrogens with one attached hydrogen (secondary N) is 3. The molecule has 2 aliphatic rings. The van der Waals surface area contributed by atoms with Crippen molar-refractivity contribution in [2.75, 3.05) is 16.8 Å². The molecule has 5 aromatic rings. The molecule has 13 heteroatoms.